The van der Waals surface area contributed by atoms with Gasteiger partial charge in [-0.3, -0.25) is 4.79 Å². The van der Waals surface area contributed by atoms with Gasteiger partial charge < -0.3 is 23.6 Å². The van der Waals surface area contributed by atoms with Crippen molar-refractivity contribution in [1.29, 1.82) is 0 Å². The van der Waals surface area contributed by atoms with Crippen LogP contribution in [-0.2, 0) is 22.5 Å². The predicted octanol–water partition coefficient (Wildman–Crippen LogP) is 2.77. The zero-order chi connectivity index (χ0) is 18.3. The Balaban J connectivity index is 1.58. The van der Waals surface area contributed by atoms with E-state index in [1.54, 1.807) is 6.92 Å². The van der Waals surface area contributed by atoms with Crippen molar-refractivity contribution in [3.8, 4) is 22.8 Å². The molecule has 1 aromatic heterocycles. The van der Waals surface area contributed by atoms with Gasteiger partial charge in [0.2, 0.25) is 6.79 Å². The van der Waals surface area contributed by atoms with Gasteiger partial charge >= 0.3 is 0 Å². The van der Waals surface area contributed by atoms with Gasteiger partial charge in [0.05, 0.1) is 12.6 Å². The molecule has 2 aliphatic rings. The maximum Gasteiger partial charge on any atom is 0.251 e. The molecule has 0 saturated carbocycles. The van der Waals surface area contributed by atoms with Gasteiger partial charge in [0.25, 0.3) is 5.91 Å². The highest BCUT2D eigenvalue weighted by Gasteiger charge is 2.30. The highest BCUT2D eigenvalue weighted by atomic mass is 16.7. The minimum atomic E-state index is -0.467. The van der Waals surface area contributed by atoms with E-state index in [0.717, 1.165) is 28.3 Å². The Labute approximate surface area is 151 Å². The standard InChI is InChI=1S/C19H22N2O5/c1-11(2)25-12(3)19(22)21-7-6-15-14(9-21)18(20-26-15)13-4-5-16-17(8-13)24-10-23-16/h4-5,8,11-12H,6-7,9-10H2,1-3H3/t12-/m1/s1. The Bertz CT molecular complexity index is 829. The van der Waals surface area contributed by atoms with Crippen LogP contribution in [0.3, 0.4) is 0 Å². The molecule has 4 rings (SSSR count). The quantitative estimate of drug-likeness (QED) is 0.837. The van der Waals surface area contributed by atoms with Gasteiger partial charge in [0.1, 0.15) is 17.6 Å². The molecule has 0 radical (unpaired) electrons. The molecule has 7 nitrogen and oxygen atoms in total. The molecular weight excluding hydrogens is 336 g/mol. The van der Waals surface area contributed by atoms with E-state index in [9.17, 15) is 4.79 Å². The molecule has 1 amide bonds. The second kappa shape index (κ2) is 6.64. The van der Waals surface area contributed by atoms with E-state index in [1.165, 1.54) is 0 Å². The number of benzene rings is 1. The normalized spacial score (nSPS) is 16.7. The predicted molar refractivity (Wildman–Crippen MR) is 92.9 cm³/mol. The van der Waals surface area contributed by atoms with Crippen LogP contribution in [0.15, 0.2) is 22.7 Å². The zero-order valence-corrected chi connectivity index (χ0v) is 15.2. The van der Waals surface area contributed by atoms with Crippen LogP contribution in [0.1, 0.15) is 32.1 Å². The van der Waals surface area contributed by atoms with E-state index in [-0.39, 0.29) is 18.8 Å². The summed E-state index contributed by atoms with van der Waals surface area (Å²) in [5, 5.41) is 4.24. The maximum atomic E-state index is 12.7. The van der Waals surface area contributed by atoms with Crippen molar-refractivity contribution in [3.05, 3.63) is 29.5 Å². The second-order valence-electron chi connectivity index (χ2n) is 6.84. The van der Waals surface area contributed by atoms with Crippen molar-refractivity contribution in [2.24, 2.45) is 0 Å². The Morgan fingerprint density at radius 2 is 2.04 bits per heavy atom. The van der Waals surface area contributed by atoms with Crippen LogP contribution in [0.4, 0.5) is 0 Å². The van der Waals surface area contributed by atoms with Gasteiger partial charge in [0, 0.05) is 24.1 Å². The fourth-order valence-electron chi connectivity index (χ4n) is 3.39. The van der Waals surface area contributed by atoms with Crippen LogP contribution in [0, 0.1) is 0 Å². The van der Waals surface area contributed by atoms with Gasteiger partial charge in [-0.05, 0) is 39.0 Å². The number of rotatable bonds is 4. The lowest BCUT2D eigenvalue weighted by Gasteiger charge is -2.29. The number of carbonyl (C=O) groups is 1. The SMILES string of the molecule is CC(C)O[C@H](C)C(=O)N1CCc2onc(-c3ccc4c(c3)OCO4)c2C1. The first-order valence-corrected chi connectivity index (χ1v) is 8.84. The summed E-state index contributed by atoms with van der Waals surface area (Å²) in [7, 11) is 0. The molecule has 0 aliphatic carbocycles. The van der Waals surface area contributed by atoms with E-state index < -0.39 is 6.10 Å². The summed E-state index contributed by atoms with van der Waals surface area (Å²) in [5.41, 5.74) is 2.58. The smallest absolute Gasteiger partial charge is 0.251 e. The van der Waals surface area contributed by atoms with E-state index in [2.05, 4.69) is 5.16 Å². The molecule has 138 valence electrons. The Morgan fingerprint density at radius 3 is 2.85 bits per heavy atom. The molecule has 1 atom stereocenters. The first kappa shape index (κ1) is 16.9. The molecule has 0 saturated heterocycles. The zero-order valence-electron chi connectivity index (χ0n) is 15.2. The number of carbonyl (C=O) groups excluding carboxylic acids is 1. The number of ether oxygens (including phenoxy) is 3. The summed E-state index contributed by atoms with van der Waals surface area (Å²) < 4.78 is 22.0. The minimum absolute atomic E-state index is 0.00841. The number of aromatic nitrogens is 1. The summed E-state index contributed by atoms with van der Waals surface area (Å²) in [6.45, 7) is 6.95. The van der Waals surface area contributed by atoms with Crippen LogP contribution < -0.4 is 9.47 Å². The number of nitrogens with zero attached hydrogens (tertiary/aromatic N) is 2. The lowest BCUT2D eigenvalue weighted by molar-refractivity contribution is -0.146. The van der Waals surface area contributed by atoms with E-state index in [0.29, 0.717) is 25.3 Å². The van der Waals surface area contributed by atoms with Crippen LogP contribution in [-0.4, -0.2) is 41.5 Å². The molecule has 3 heterocycles. The topological polar surface area (TPSA) is 74.0 Å². The monoisotopic (exact) mass is 358 g/mol. The first-order valence-electron chi connectivity index (χ1n) is 8.84. The highest BCUT2D eigenvalue weighted by Crippen LogP contribution is 2.38. The summed E-state index contributed by atoms with van der Waals surface area (Å²) in [5.74, 6) is 2.24. The maximum absolute atomic E-state index is 12.7. The summed E-state index contributed by atoms with van der Waals surface area (Å²) >= 11 is 0. The van der Waals surface area contributed by atoms with Crippen LogP contribution in [0.5, 0.6) is 11.5 Å². The van der Waals surface area contributed by atoms with Crippen molar-refractivity contribution in [2.45, 2.75) is 45.9 Å². The van der Waals surface area contributed by atoms with E-state index >= 15 is 0 Å². The van der Waals surface area contributed by atoms with Gasteiger partial charge in [0.15, 0.2) is 11.5 Å². The van der Waals surface area contributed by atoms with Gasteiger partial charge in [-0.2, -0.15) is 0 Å². The van der Waals surface area contributed by atoms with Crippen molar-refractivity contribution in [3.63, 3.8) is 0 Å². The number of hydrogen-bond donors (Lipinski definition) is 0. The van der Waals surface area contributed by atoms with Gasteiger partial charge in [-0.25, -0.2) is 0 Å². The largest absolute Gasteiger partial charge is 0.454 e. The molecule has 2 aliphatic heterocycles. The summed E-state index contributed by atoms with van der Waals surface area (Å²) in [6, 6.07) is 5.69. The molecular formula is C19H22N2O5. The van der Waals surface area contributed by atoms with E-state index in [4.69, 9.17) is 18.7 Å². The lowest BCUT2D eigenvalue weighted by atomic mass is 10.0. The fraction of sp³-hybridized carbons (Fsp3) is 0.474. The number of amides is 1. The Morgan fingerprint density at radius 1 is 1.23 bits per heavy atom. The molecule has 7 heteroatoms. The fourth-order valence-corrected chi connectivity index (χ4v) is 3.39. The average Bonchev–Trinajstić information content (AvgIpc) is 3.25. The van der Waals surface area contributed by atoms with Crippen molar-refractivity contribution < 1.29 is 23.5 Å². The molecule has 0 bridgehead atoms. The molecule has 1 aromatic carbocycles. The number of fused-ring (bicyclic) bond motifs is 2. The van der Waals surface area contributed by atoms with Gasteiger partial charge in [-0.1, -0.05) is 5.16 Å². The highest BCUT2D eigenvalue weighted by molar-refractivity contribution is 5.81. The van der Waals surface area contributed by atoms with Crippen molar-refractivity contribution >= 4 is 5.91 Å². The Hall–Kier alpha value is -2.54. The van der Waals surface area contributed by atoms with Crippen molar-refractivity contribution in [2.75, 3.05) is 13.3 Å². The first-order chi connectivity index (χ1) is 12.5. The Kier molecular flexibility index (Phi) is 4.32. The van der Waals surface area contributed by atoms with Crippen LogP contribution in [0.25, 0.3) is 11.3 Å². The molecule has 2 aromatic rings. The van der Waals surface area contributed by atoms with E-state index in [1.807, 2.05) is 36.9 Å². The third-order valence-corrected chi connectivity index (χ3v) is 4.61. The third kappa shape index (κ3) is 3.03. The molecule has 0 N–H and O–H groups in total. The van der Waals surface area contributed by atoms with Crippen molar-refractivity contribution in [1.82, 2.24) is 10.1 Å². The lowest BCUT2D eigenvalue weighted by Crippen LogP contribution is -2.42. The molecule has 26 heavy (non-hydrogen) atoms. The third-order valence-electron chi connectivity index (χ3n) is 4.61. The second-order valence-corrected chi connectivity index (χ2v) is 6.84. The van der Waals surface area contributed by atoms with Crippen LogP contribution in [0.2, 0.25) is 0 Å². The summed E-state index contributed by atoms with van der Waals surface area (Å²) in [4.78, 5) is 14.5. The van der Waals surface area contributed by atoms with Gasteiger partial charge in [-0.15, -0.1) is 0 Å². The average molecular weight is 358 g/mol. The molecule has 0 spiro atoms. The number of hydrogen-bond acceptors (Lipinski definition) is 6. The summed E-state index contributed by atoms with van der Waals surface area (Å²) in [6.07, 6.45) is 0.187. The minimum Gasteiger partial charge on any atom is -0.454 e. The molecule has 0 fully saturated rings. The van der Waals surface area contributed by atoms with Crippen LogP contribution >= 0.6 is 0 Å². The molecule has 0 unspecified atom stereocenters.